The fraction of sp³-hybridized carbons (Fsp3) is 0.474. The van der Waals surface area contributed by atoms with Crippen LogP contribution in [0.1, 0.15) is 50.3 Å². The van der Waals surface area contributed by atoms with Crippen LogP contribution in [-0.4, -0.2) is 36.2 Å². The van der Waals surface area contributed by atoms with Crippen molar-refractivity contribution in [2.45, 2.75) is 40.5 Å². The predicted octanol–water partition coefficient (Wildman–Crippen LogP) is 4.44. The van der Waals surface area contributed by atoms with Crippen molar-refractivity contribution in [1.82, 2.24) is 4.90 Å². The fourth-order valence-electron chi connectivity index (χ4n) is 2.68. The lowest BCUT2D eigenvalue weighted by Gasteiger charge is -2.15. The van der Waals surface area contributed by atoms with Gasteiger partial charge in [0.1, 0.15) is 5.75 Å². The summed E-state index contributed by atoms with van der Waals surface area (Å²) >= 11 is 1.46. The van der Waals surface area contributed by atoms with Crippen LogP contribution in [0.4, 0.5) is 0 Å². The van der Waals surface area contributed by atoms with Crippen molar-refractivity contribution < 1.29 is 9.53 Å². The predicted molar refractivity (Wildman–Crippen MR) is 103 cm³/mol. The monoisotopic (exact) mass is 346 g/mol. The second-order valence-electron chi connectivity index (χ2n) is 6.02. The molecule has 1 aromatic carbocycles. The van der Waals surface area contributed by atoms with Crippen LogP contribution in [-0.2, 0) is 4.79 Å². The van der Waals surface area contributed by atoms with Crippen molar-refractivity contribution in [3.63, 3.8) is 0 Å². The van der Waals surface area contributed by atoms with Crippen LogP contribution >= 0.6 is 11.8 Å². The molecule has 0 unspecified atom stereocenters. The molecule has 24 heavy (non-hydrogen) atoms. The van der Waals surface area contributed by atoms with Crippen molar-refractivity contribution in [3.8, 4) is 5.75 Å². The maximum atomic E-state index is 12.6. The summed E-state index contributed by atoms with van der Waals surface area (Å²) in [5.74, 6) is 1.29. The van der Waals surface area contributed by atoms with Crippen molar-refractivity contribution in [3.05, 3.63) is 33.7 Å². The molecule has 130 valence electrons. The number of aliphatic imine (C=N–C) groups is 1. The highest BCUT2D eigenvalue weighted by molar-refractivity contribution is 8.18. The zero-order valence-electron chi connectivity index (χ0n) is 15.3. The number of benzene rings is 1. The molecule has 0 bridgehead atoms. The number of methoxy groups -OCH3 is 1. The summed E-state index contributed by atoms with van der Waals surface area (Å²) in [6.07, 6.45) is 1.98. The standard InChI is InChI=1S/C19H26N2O2S/c1-7-20-19-21(8-2)18(22)17(24-19)11-14-10-15(12(3)4)16(23-6)9-13(14)5/h9-12H,7-8H2,1-6H3/b17-11+,20-19?. The maximum absolute atomic E-state index is 12.6. The number of hydrogen-bond acceptors (Lipinski definition) is 4. The zero-order valence-corrected chi connectivity index (χ0v) is 16.2. The van der Waals surface area contributed by atoms with Gasteiger partial charge in [0.05, 0.1) is 12.0 Å². The second kappa shape index (κ2) is 7.88. The number of hydrogen-bond donors (Lipinski definition) is 0. The van der Waals surface area contributed by atoms with Gasteiger partial charge in [-0.2, -0.15) is 0 Å². The minimum absolute atomic E-state index is 0.0380. The first-order valence-corrected chi connectivity index (χ1v) is 9.18. The highest BCUT2D eigenvalue weighted by Crippen LogP contribution is 2.35. The van der Waals surface area contributed by atoms with Gasteiger partial charge in [0.15, 0.2) is 5.17 Å². The van der Waals surface area contributed by atoms with Gasteiger partial charge in [0, 0.05) is 13.1 Å². The Morgan fingerprint density at radius 1 is 1.33 bits per heavy atom. The molecule has 0 radical (unpaired) electrons. The van der Waals surface area contributed by atoms with Gasteiger partial charge in [-0.05, 0) is 73.4 Å². The van der Waals surface area contributed by atoms with Crippen LogP contribution in [0.25, 0.3) is 6.08 Å². The van der Waals surface area contributed by atoms with Gasteiger partial charge in [0.25, 0.3) is 5.91 Å². The van der Waals surface area contributed by atoms with E-state index in [1.165, 1.54) is 11.8 Å². The number of amides is 1. The molecule has 1 amide bonds. The molecule has 4 nitrogen and oxygen atoms in total. The Morgan fingerprint density at radius 2 is 2.04 bits per heavy atom. The Labute approximate surface area is 149 Å². The number of amidine groups is 1. The van der Waals surface area contributed by atoms with Gasteiger partial charge in [-0.15, -0.1) is 0 Å². The van der Waals surface area contributed by atoms with E-state index in [0.29, 0.717) is 19.0 Å². The number of aryl methyl sites for hydroxylation is 1. The molecule has 0 spiro atoms. The Morgan fingerprint density at radius 3 is 2.58 bits per heavy atom. The highest BCUT2D eigenvalue weighted by atomic mass is 32.2. The average molecular weight is 346 g/mol. The fourth-order valence-corrected chi connectivity index (χ4v) is 3.78. The van der Waals surface area contributed by atoms with Crippen LogP contribution in [0.2, 0.25) is 0 Å². The molecule has 0 N–H and O–H groups in total. The molecule has 0 aliphatic carbocycles. The number of ether oxygens (including phenoxy) is 1. The van der Waals surface area contributed by atoms with Crippen LogP contribution in [0.15, 0.2) is 22.0 Å². The Balaban J connectivity index is 2.46. The van der Waals surface area contributed by atoms with E-state index in [4.69, 9.17) is 4.74 Å². The third kappa shape index (κ3) is 3.66. The third-order valence-corrected chi connectivity index (χ3v) is 5.07. The maximum Gasteiger partial charge on any atom is 0.266 e. The first-order valence-electron chi connectivity index (χ1n) is 8.37. The summed E-state index contributed by atoms with van der Waals surface area (Å²) < 4.78 is 5.50. The molecule has 1 fully saturated rings. The Kier molecular flexibility index (Phi) is 6.10. The summed E-state index contributed by atoms with van der Waals surface area (Å²) in [5, 5.41) is 0.798. The number of likely N-dealkylation sites (N-methyl/N-ethyl adjacent to an activating group) is 1. The summed E-state index contributed by atoms with van der Waals surface area (Å²) in [6, 6.07) is 4.18. The van der Waals surface area contributed by atoms with Gasteiger partial charge in [-0.25, -0.2) is 0 Å². The molecule has 1 aromatic rings. The van der Waals surface area contributed by atoms with Gasteiger partial charge in [0.2, 0.25) is 0 Å². The summed E-state index contributed by atoms with van der Waals surface area (Å²) in [7, 11) is 1.70. The van der Waals surface area contributed by atoms with E-state index < -0.39 is 0 Å². The van der Waals surface area contributed by atoms with E-state index in [-0.39, 0.29) is 5.91 Å². The number of carbonyl (C=O) groups excluding carboxylic acids is 1. The molecule has 0 atom stereocenters. The Hall–Kier alpha value is -1.75. The minimum Gasteiger partial charge on any atom is -0.496 e. The number of thioether (sulfide) groups is 1. The van der Waals surface area contributed by atoms with Crippen LogP contribution in [0, 0.1) is 6.92 Å². The van der Waals surface area contributed by atoms with E-state index in [0.717, 1.165) is 32.5 Å². The van der Waals surface area contributed by atoms with Crippen molar-refractivity contribution in [2.24, 2.45) is 4.99 Å². The van der Waals surface area contributed by atoms with Crippen LogP contribution in [0.5, 0.6) is 5.75 Å². The SMILES string of the molecule is CCN=C1S/C(=C/c2cc(C(C)C)c(OC)cc2C)C(=O)N1CC. The normalized spacial score (nSPS) is 18.3. The van der Waals surface area contributed by atoms with Crippen LogP contribution < -0.4 is 4.74 Å². The van der Waals surface area contributed by atoms with Gasteiger partial charge < -0.3 is 4.74 Å². The van der Waals surface area contributed by atoms with Crippen molar-refractivity contribution in [1.29, 1.82) is 0 Å². The van der Waals surface area contributed by atoms with E-state index in [1.54, 1.807) is 12.0 Å². The van der Waals surface area contributed by atoms with E-state index in [2.05, 4.69) is 24.9 Å². The zero-order chi connectivity index (χ0) is 17.9. The molecule has 0 saturated carbocycles. The quantitative estimate of drug-likeness (QED) is 0.740. The van der Waals surface area contributed by atoms with Gasteiger partial charge in [-0.1, -0.05) is 13.8 Å². The van der Waals surface area contributed by atoms with Crippen molar-refractivity contribution in [2.75, 3.05) is 20.2 Å². The topological polar surface area (TPSA) is 41.9 Å². The number of carbonyl (C=O) groups is 1. The molecule has 1 saturated heterocycles. The summed E-state index contributed by atoms with van der Waals surface area (Å²) in [6.45, 7) is 11.6. The molecule has 1 aliphatic rings. The summed E-state index contributed by atoms with van der Waals surface area (Å²) in [5.41, 5.74) is 3.31. The van der Waals surface area contributed by atoms with Crippen LogP contribution in [0.3, 0.4) is 0 Å². The van der Waals surface area contributed by atoms with E-state index in [9.17, 15) is 4.79 Å². The molecular formula is C19H26N2O2S. The smallest absolute Gasteiger partial charge is 0.266 e. The molecule has 2 rings (SSSR count). The van der Waals surface area contributed by atoms with Gasteiger partial charge >= 0.3 is 0 Å². The first kappa shape index (κ1) is 18.6. The minimum atomic E-state index is 0.0380. The lowest BCUT2D eigenvalue weighted by molar-refractivity contribution is -0.122. The average Bonchev–Trinajstić information content (AvgIpc) is 2.84. The summed E-state index contributed by atoms with van der Waals surface area (Å²) in [4.78, 5) is 19.5. The molecule has 5 heteroatoms. The number of rotatable bonds is 5. The van der Waals surface area contributed by atoms with E-state index in [1.807, 2.05) is 32.9 Å². The number of nitrogens with zero attached hydrogens (tertiary/aromatic N) is 2. The second-order valence-corrected chi connectivity index (χ2v) is 7.03. The van der Waals surface area contributed by atoms with Crippen molar-refractivity contribution >= 4 is 28.9 Å². The van der Waals surface area contributed by atoms with E-state index >= 15 is 0 Å². The lowest BCUT2D eigenvalue weighted by Crippen LogP contribution is -2.28. The lowest BCUT2D eigenvalue weighted by atomic mass is 9.96. The Bertz CT molecular complexity index is 693. The molecule has 0 aromatic heterocycles. The third-order valence-electron chi connectivity index (χ3n) is 4.02. The van der Waals surface area contributed by atoms with Gasteiger partial charge in [-0.3, -0.25) is 14.7 Å². The largest absolute Gasteiger partial charge is 0.496 e. The molecular weight excluding hydrogens is 320 g/mol. The highest BCUT2D eigenvalue weighted by Gasteiger charge is 2.32. The first-order chi connectivity index (χ1) is 11.4. The molecule has 1 aliphatic heterocycles. The molecule has 1 heterocycles.